The number of benzene rings is 1. The molecule has 0 saturated carbocycles. The number of aromatic amines is 1. The minimum atomic E-state index is -0.363. The van der Waals surface area contributed by atoms with Crippen LogP contribution >= 0.6 is 11.6 Å². The van der Waals surface area contributed by atoms with Gasteiger partial charge in [0.2, 0.25) is 0 Å². The number of halogens is 2. The van der Waals surface area contributed by atoms with E-state index >= 15 is 0 Å². The SMILES string of the molecule is Nc1n[nH]c(-c2ccccc2F)c1Cl. The molecule has 0 atom stereocenters. The molecule has 0 fully saturated rings. The summed E-state index contributed by atoms with van der Waals surface area (Å²) in [6.07, 6.45) is 0. The molecule has 0 amide bonds. The molecule has 0 aliphatic heterocycles. The maximum absolute atomic E-state index is 13.3. The van der Waals surface area contributed by atoms with Crippen LogP contribution in [0.1, 0.15) is 0 Å². The molecule has 1 aromatic heterocycles. The molecule has 0 aliphatic carbocycles. The lowest BCUT2D eigenvalue weighted by molar-refractivity contribution is 0.630. The van der Waals surface area contributed by atoms with Gasteiger partial charge in [-0.3, -0.25) is 5.10 Å². The Morgan fingerprint density at radius 1 is 1.36 bits per heavy atom. The van der Waals surface area contributed by atoms with Crippen molar-refractivity contribution in [2.75, 3.05) is 5.73 Å². The van der Waals surface area contributed by atoms with Crippen LogP contribution in [0.25, 0.3) is 11.3 Å². The number of aromatic nitrogens is 2. The normalized spacial score (nSPS) is 10.4. The van der Waals surface area contributed by atoms with Crippen molar-refractivity contribution in [1.29, 1.82) is 0 Å². The summed E-state index contributed by atoms with van der Waals surface area (Å²) in [6, 6.07) is 6.27. The Hall–Kier alpha value is -1.55. The number of nitrogen functional groups attached to an aromatic ring is 1. The highest BCUT2D eigenvalue weighted by Crippen LogP contribution is 2.30. The van der Waals surface area contributed by atoms with E-state index in [1.165, 1.54) is 6.07 Å². The molecule has 0 bridgehead atoms. The van der Waals surface area contributed by atoms with Gasteiger partial charge in [0, 0.05) is 5.56 Å². The third-order valence-corrected chi connectivity index (χ3v) is 2.26. The zero-order chi connectivity index (χ0) is 10.1. The van der Waals surface area contributed by atoms with E-state index in [0.29, 0.717) is 11.3 Å². The second kappa shape index (κ2) is 3.31. The topological polar surface area (TPSA) is 54.7 Å². The van der Waals surface area contributed by atoms with Crippen molar-refractivity contribution in [2.45, 2.75) is 0 Å². The summed E-state index contributed by atoms with van der Waals surface area (Å²) in [6.45, 7) is 0. The number of nitrogens with two attached hydrogens (primary N) is 1. The van der Waals surface area contributed by atoms with Crippen LogP contribution in [0, 0.1) is 5.82 Å². The molecule has 5 heteroatoms. The highest BCUT2D eigenvalue weighted by Gasteiger charge is 2.12. The quantitative estimate of drug-likeness (QED) is 0.761. The van der Waals surface area contributed by atoms with Gasteiger partial charge in [0.05, 0.1) is 5.69 Å². The molecule has 0 radical (unpaired) electrons. The van der Waals surface area contributed by atoms with Gasteiger partial charge in [-0.2, -0.15) is 5.10 Å². The summed E-state index contributed by atoms with van der Waals surface area (Å²) in [7, 11) is 0. The molecule has 0 saturated heterocycles. The van der Waals surface area contributed by atoms with Gasteiger partial charge in [-0.05, 0) is 12.1 Å². The first-order chi connectivity index (χ1) is 6.70. The van der Waals surface area contributed by atoms with E-state index < -0.39 is 0 Å². The predicted octanol–water partition coefficient (Wildman–Crippen LogP) is 2.45. The number of nitrogens with zero attached hydrogens (tertiary/aromatic N) is 1. The van der Waals surface area contributed by atoms with Crippen molar-refractivity contribution in [1.82, 2.24) is 10.2 Å². The molecule has 2 rings (SSSR count). The molecule has 3 nitrogen and oxygen atoms in total. The zero-order valence-electron chi connectivity index (χ0n) is 7.09. The Bertz CT molecular complexity index is 467. The van der Waals surface area contributed by atoms with Gasteiger partial charge in [0.15, 0.2) is 5.82 Å². The second-order valence-corrected chi connectivity index (χ2v) is 3.16. The van der Waals surface area contributed by atoms with Crippen LogP contribution < -0.4 is 5.73 Å². The Labute approximate surface area is 84.7 Å². The third kappa shape index (κ3) is 1.33. The summed E-state index contributed by atoms with van der Waals surface area (Å²) < 4.78 is 13.3. The van der Waals surface area contributed by atoms with Crippen LogP contribution in [0.2, 0.25) is 5.02 Å². The van der Waals surface area contributed by atoms with Crippen LogP contribution in [0.3, 0.4) is 0 Å². The first-order valence-corrected chi connectivity index (χ1v) is 4.32. The predicted molar refractivity (Wildman–Crippen MR) is 53.4 cm³/mol. The molecule has 2 aromatic rings. The number of hydrogen-bond donors (Lipinski definition) is 2. The molecule has 0 unspecified atom stereocenters. The van der Waals surface area contributed by atoms with Gasteiger partial charge >= 0.3 is 0 Å². The fraction of sp³-hybridized carbons (Fsp3) is 0. The summed E-state index contributed by atoms with van der Waals surface area (Å²) in [5.74, 6) is -0.192. The van der Waals surface area contributed by atoms with Crippen LogP contribution in [-0.2, 0) is 0 Å². The number of rotatable bonds is 1. The lowest BCUT2D eigenvalue weighted by Gasteiger charge is -1.99. The van der Waals surface area contributed by atoms with Crippen molar-refractivity contribution in [2.24, 2.45) is 0 Å². The summed E-state index contributed by atoms with van der Waals surface area (Å²) >= 11 is 5.83. The molecular formula is C9H7ClFN3. The number of anilines is 1. The fourth-order valence-electron chi connectivity index (χ4n) is 1.18. The van der Waals surface area contributed by atoms with Crippen molar-refractivity contribution >= 4 is 17.4 Å². The molecule has 1 aromatic carbocycles. The van der Waals surface area contributed by atoms with Crippen molar-refractivity contribution in [3.8, 4) is 11.3 Å². The van der Waals surface area contributed by atoms with Crippen LogP contribution in [0.5, 0.6) is 0 Å². The van der Waals surface area contributed by atoms with Gasteiger partial charge < -0.3 is 5.73 Å². The largest absolute Gasteiger partial charge is 0.381 e. The van der Waals surface area contributed by atoms with E-state index in [0.717, 1.165) is 0 Å². The van der Waals surface area contributed by atoms with Crippen molar-refractivity contribution < 1.29 is 4.39 Å². The molecule has 1 heterocycles. The standard InChI is InChI=1S/C9H7ClFN3/c10-7-8(13-14-9(7)12)5-3-1-2-4-6(5)11/h1-4H,(H3,12,13,14). The van der Waals surface area contributed by atoms with E-state index in [1.54, 1.807) is 18.2 Å². The Morgan fingerprint density at radius 3 is 2.64 bits per heavy atom. The minimum Gasteiger partial charge on any atom is -0.381 e. The third-order valence-electron chi connectivity index (χ3n) is 1.88. The van der Waals surface area contributed by atoms with E-state index in [4.69, 9.17) is 17.3 Å². The Morgan fingerprint density at radius 2 is 2.07 bits per heavy atom. The Balaban J connectivity index is 2.60. The van der Waals surface area contributed by atoms with Crippen molar-refractivity contribution in [3.63, 3.8) is 0 Å². The molecule has 0 spiro atoms. The number of nitrogens with one attached hydrogen (secondary N) is 1. The van der Waals surface area contributed by atoms with Crippen LogP contribution in [0.4, 0.5) is 10.2 Å². The van der Waals surface area contributed by atoms with E-state index in [1.807, 2.05) is 0 Å². The zero-order valence-corrected chi connectivity index (χ0v) is 7.85. The highest BCUT2D eigenvalue weighted by molar-refractivity contribution is 6.35. The molecule has 0 aliphatic rings. The second-order valence-electron chi connectivity index (χ2n) is 2.78. The van der Waals surface area contributed by atoms with Gasteiger partial charge in [-0.25, -0.2) is 4.39 Å². The first-order valence-electron chi connectivity index (χ1n) is 3.94. The number of H-pyrrole nitrogens is 1. The summed E-state index contributed by atoms with van der Waals surface area (Å²) in [5.41, 5.74) is 6.20. The van der Waals surface area contributed by atoms with E-state index in [-0.39, 0.29) is 16.7 Å². The highest BCUT2D eigenvalue weighted by atomic mass is 35.5. The van der Waals surface area contributed by atoms with Crippen LogP contribution in [0.15, 0.2) is 24.3 Å². The molecular weight excluding hydrogens is 205 g/mol. The monoisotopic (exact) mass is 211 g/mol. The molecule has 72 valence electrons. The number of hydrogen-bond acceptors (Lipinski definition) is 2. The lowest BCUT2D eigenvalue weighted by atomic mass is 10.1. The van der Waals surface area contributed by atoms with Gasteiger partial charge in [0.25, 0.3) is 0 Å². The summed E-state index contributed by atoms with van der Waals surface area (Å²) in [4.78, 5) is 0. The van der Waals surface area contributed by atoms with Gasteiger partial charge in [0.1, 0.15) is 10.8 Å². The first kappa shape index (κ1) is 9.02. The molecule has 14 heavy (non-hydrogen) atoms. The average molecular weight is 212 g/mol. The smallest absolute Gasteiger partial charge is 0.164 e. The van der Waals surface area contributed by atoms with E-state index in [2.05, 4.69) is 10.2 Å². The van der Waals surface area contributed by atoms with Crippen LogP contribution in [-0.4, -0.2) is 10.2 Å². The average Bonchev–Trinajstić information content (AvgIpc) is 2.49. The molecule has 3 N–H and O–H groups in total. The maximum atomic E-state index is 13.3. The minimum absolute atomic E-state index is 0.171. The van der Waals surface area contributed by atoms with Gasteiger partial charge in [-0.15, -0.1) is 0 Å². The lowest BCUT2D eigenvalue weighted by Crippen LogP contribution is -1.84. The van der Waals surface area contributed by atoms with E-state index in [9.17, 15) is 4.39 Å². The van der Waals surface area contributed by atoms with Crippen molar-refractivity contribution in [3.05, 3.63) is 35.1 Å². The maximum Gasteiger partial charge on any atom is 0.164 e. The Kier molecular flexibility index (Phi) is 2.13. The van der Waals surface area contributed by atoms with Gasteiger partial charge in [-0.1, -0.05) is 23.7 Å². The summed E-state index contributed by atoms with van der Waals surface area (Å²) in [5, 5.41) is 6.52. The fourth-order valence-corrected chi connectivity index (χ4v) is 1.37.